The maximum Gasteiger partial charge on any atom is 0.163 e. The third-order valence-electron chi connectivity index (χ3n) is 4.12. The van der Waals surface area contributed by atoms with Crippen LogP contribution >= 0.6 is 0 Å². The third kappa shape index (κ3) is 2.21. The van der Waals surface area contributed by atoms with Crippen molar-refractivity contribution in [2.75, 3.05) is 11.9 Å². The summed E-state index contributed by atoms with van der Waals surface area (Å²) in [6.07, 6.45) is 3.85. The monoisotopic (exact) mass is 303 g/mol. The van der Waals surface area contributed by atoms with Gasteiger partial charge < -0.3 is 9.47 Å². The summed E-state index contributed by atoms with van der Waals surface area (Å²) in [5.41, 5.74) is 3.97. The summed E-state index contributed by atoms with van der Waals surface area (Å²) in [4.78, 5) is 15.6. The molecular weight excluding hydrogens is 286 g/mol. The summed E-state index contributed by atoms with van der Waals surface area (Å²) in [6, 6.07) is 12.4. The summed E-state index contributed by atoms with van der Waals surface area (Å²) in [5.74, 6) is 1.57. The van der Waals surface area contributed by atoms with Gasteiger partial charge in [0.15, 0.2) is 5.82 Å². The Balaban J connectivity index is 1.88. The maximum absolute atomic E-state index is 4.61. The number of fused-ring (bicyclic) bond motifs is 2. The Kier molecular flexibility index (Phi) is 3.01. The van der Waals surface area contributed by atoms with Crippen molar-refractivity contribution in [3.8, 4) is 0 Å². The highest BCUT2D eigenvalue weighted by molar-refractivity contribution is 5.90. The van der Waals surface area contributed by atoms with Gasteiger partial charge in [0.1, 0.15) is 11.3 Å². The molecule has 3 heterocycles. The standard InChI is InChI=1S/C18H17N5/c1-12-20-15-5-4-9-19-17(15)18(21-12)23(3)14-6-7-16-13(11-14)8-10-22(16)2/h4-11H,1-3H3. The van der Waals surface area contributed by atoms with Crippen LogP contribution in [0.4, 0.5) is 11.5 Å². The molecule has 0 amide bonds. The van der Waals surface area contributed by atoms with Gasteiger partial charge in [0.25, 0.3) is 0 Å². The molecule has 0 aliphatic carbocycles. The summed E-state index contributed by atoms with van der Waals surface area (Å²) < 4.78 is 2.12. The van der Waals surface area contributed by atoms with E-state index in [0.717, 1.165) is 28.4 Å². The van der Waals surface area contributed by atoms with Crippen LogP contribution in [-0.4, -0.2) is 26.6 Å². The predicted molar refractivity (Wildman–Crippen MR) is 93.1 cm³/mol. The van der Waals surface area contributed by atoms with Gasteiger partial charge in [0, 0.05) is 43.1 Å². The van der Waals surface area contributed by atoms with E-state index in [4.69, 9.17) is 0 Å². The Morgan fingerprint density at radius 2 is 1.96 bits per heavy atom. The fraction of sp³-hybridized carbons (Fsp3) is 0.167. The second-order valence-corrected chi connectivity index (χ2v) is 5.69. The Labute approximate surface area is 134 Å². The fourth-order valence-corrected chi connectivity index (χ4v) is 2.90. The number of benzene rings is 1. The van der Waals surface area contributed by atoms with Crippen LogP contribution in [0.5, 0.6) is 0 Å². The first-order chi connectivity index (χ1) is 11.1. The lowest BCUT2D eigenvalue weighted by molar-refractivity contribution is 0.969. The van der Waals surface area contributed by atoms with Crippen molar-refractivity contribution in [1.82, 2.24) is 19.5 Å². The number of hydrogen-bond acceptors (Lipinski definition) is 4. The van der Waals surface area contributed by atoms with Crippen LogP contribution < -0.4 is 4.90 Å². The summed E-state index contributed by atoms with van der Waals surface area (Å²) in [7, 11) is 4.07. The molecule has 3 aromatic heterocycles. The SMILES string of the molecule is Cc1nc(N(C)c2ccc3c(ccn3C)c2)c2ncccc2n1. The average Bonchev–Trinajstić information content (AvgIpc) is 2.94. The molecule has 0 saturated heterocycles. The average molecular weight is 303 g/mol. The minimum atomic E-state index is 0.744. The molecule has 0 saturated carbocycles. The first-order valence-electron chi connectivity index (χ1n) is 7.52. The van der Waals surface area contributed by atoms with Gasteiger partial charge in [-0.1, -0.05) is 0 Å². The molecule has 23 heavy (non-hydrogen) atoms. The molecule has 4 aromatic rings. The second-order valence-electron chi connectivity index (χ2n) is 5.69. The molecule has 0 aliphatic heterocycles. The topological polar surface area (TPSA) is 46.8 Å². The van der Waals surface area contributed by atoms with Gasteiger partial charge in [-0.25, -0.2) is 9.97 Å². The van der Waals surface area contributed by atoms with E-state index >= 15 is 0 Å². The highest BCUT2D eigenvalue weighted by Gasteiger charge is 2.13. The number of pyridine rings is 1. The molecule has 0 N–H and O–H groups in total. The van der Waals surface area contributed by atoms with Crippen LogP contribution in [-0.2, 0) is 7.05 Å². The number of aromatic nitrogens is 4. The molecule has 5 heteroatoms. The van der Waals surface area contributed by atoms with Crippen molar-refractivity contribution in [3.05, 3.63) is 54.6 Å². The molecule has 1 aromatic carbocycles. The number of nitrogens with zero attached hydrogens (tertiary/aromatic N) is 5. The van der Waals surface area contributed by atoms with Crippen molar-refractivity contribution in [2.45, 2.75) is 6.92 Å². The first kappa shape index (κ1) is 13.7. The molecule has 5 nitrogen and oxygen atoms in total. The highest BCUT2D eigenvalue weighted by Crippen LogP contribution is 2.29. The van der Waals surface area contributed by atoms with E-state index in [1.807, 2.05) is 26.1 Å². The highest BCUT2D eigenvalue weighted by atomic mass is 15.2. The molecule has 0 radical (unpaired) electrons. The maximum atomic E-state index is 4.61. The van der Waals surface area contributed by atoms with Gasteiger partial charge in [-0.2, -0.15) is 0 Å². The lowest BCUT2D eigenvalue weighted by atomic mass is 10.2. The van der Waals surface area contributed by atoms with E-state index in [0.29, 0.717) is 0 Å². The first-order valence-corrected chi connectivity index (χ1v) is 7.52. The molecule has 114 valence electrons. The Hall–Kier alpha value is -2.95. The lowest BCUT2D eigenvalue weighted by Crippen LogP contribution is -2.13. The molecule has 0 fully saturated rings. The Morgan fingerprint density at radius 1 is 1.09 bits per heavy atom. The molecular formula is C18H17N5. The largest absolute Gasteiger partial charge is 0.351 e. The minimum absolute atomic E-state index is 0.744. The number of aryl methyl sites for hydroxylation is 2. The van der Waals surface area contributed by atoms with Crippen molar-refractivity contribution in [3.63, 3.8) is 0 Å². The quantitative estimate of drug-likeness (QED) is 0.568. The number of rotatable bonds is 2. The number of hydrogen-bond donors (Lipinski definition) is 0. The van der Waals surface area contributed by atoms with Crippen LogP contribution in [0.3, 0.4) is 0 Å². The zero-order chi connectivity index (χ0) is 16.0. The van der Waals surface area contributed by atoms with Gasteiger partial charge in [-0.05, 0) is 43.3 Å². The third-order valence-corrected chi connectivity index (χ3v) is 4.12. The Morgan fingerprint density at radius 3 is 2.83 bits per heavy atom. The number of anilines is 2. The fourth-order valence-electron chi connectivity index (χ4n) is 2.90. The minimum Gasteiger partial charge on any atom is -0.351 e. The van der Waals surface area contributed by atoms with Gasteiger partial charge in [-0.3, -0.25) is 4.98 Å². The van der Waals surface area contributed by atoms with Crippen LogP contribution in [0.1, 0.15) is 5.82 Å². The van der Waals surface area contributed by atoms with Crippen molar-refractivity contribution < 1.29 is 0 Å². The zero-order valence-corrected chi connectivity index (χ0v) is 13.4. The van der Waals surface area contributed by atoms with E-state index in [9.17, 15) is 0 Å². The van der Waals surface area contributed by atoms with Crippen molar-refractivity contribution in [2.24, 2.45) is 7.05 Å². The smallest absolute Gasteiger partial charge is 0.163 e. The van der Waals surface area contributed by atoms with Gasteiger partial charge in [-0.15, -0.1) is 0 Å². The van der Waals surface area contributed by atoms with Crippen LogP contribution in [0.2, 0.25) is 0 Å². The van der Waals surface area contributed by atoms with E-state index in [-0.39, 0.29) is 0 Å². The van der Waals surface area contributed by atoms with Crippen LogP contribution in [0.25, 0.3) is 21.9 Å². The van der Waals surface area contributed by atoms with Gasteiger partial charge >= 0.3 is 0 Å². The molecule has 0 bridgehead atoms. The van der Waals surface area contributed by atoms with E-state index in [1.54, 1.807) is 6.20 Å². The predicted octanol–water partition coefficient (Wildman–Crippen LogP) is 3.59. The van der Waals surface area contributed by atoms with Crippen molar-refractivity contribution >= 4 is 33.4 Å². The van der Waals surface area contributed by atoms with Gasteiger partial charge in [0.05, 0.1) is 5.52 Å². The molecule has 0 atom stereocenters. The molecule has 0 spiro atoms. The van der Waals surface area contributed by atoms with Gasteiger partial charge in [0.2, 0.25) is 0 Å². The van der Waals surface area contributed by atoms with E-state index < -0.39 is 0 Å². The summed E-state index contributed by atoms with van der Waals surface area (Å²) >= 11 is 0. The zero-order valence-electron chi connectivity index (χ0n) is 13.4. The summed E-state index contributed by atoms with van der Waals surface area (Å²) in [6.45, 7) is 1.91. The second kappa shape index (κ2) is 5.05. The van der Waals surface area contributed by atoms with E-state index in [2.05, 4.69) is 61.9 Å². The molecule has 0 unspecified atom stereocenters. The van der Waals surface area contributed by atoms with Crippen molar-refractivity contribution in [1.29, 1.82) is 0 Å². The summed E-state index contributed by atoms with van der Waals surface area (Å²) in [5, 5.41) is 1.21. The molecule has 0 aliphatic rings. The van der Waals surface area contributed by atoms with Crippen LogP contribution in [0.15, 0.2) is 48.8 Å². The lowest BCUT2D eigenvalue weighted by Gasteiger charge is -2.20. The molecule has 4 rings (SSSR count). The van der Waals surface area contributed by atoms with E-state index in [1.165, 1.54) is 10.9 Å². The normalized spacial score (nSPS) is 11.3. The van der Waals surface area contributed by atoms with Crippen LogP contribution in [0, 0.1) is 6.92 Å². The Bertz CT molecular complexity index is 1020.